The number of aromatic hydroxyl groups is 4. The number of phenolic OH excluding ortho intramolecular Hbond substituents is 4. The number of benzene rings is 2. The zero-order valence-electron chi connectivity index (χ0n) is 18.2. The Bertz CT molecular complexity index is 1350. The highest BCUT2D eigenvalue weighted by atomic mass is 16.6. The number of phenols is 4. The molecule has 7 N–H and O–H groups in total. The van der Waals surface area contributed by atoms with Crippen LogP contribution in [0.2, 0.25) is 0 Å². The zero-order chi connectivity index (χ0) is 25.6. The molecule has 0 radical (unpaired) electrons. The lowest BCUT2D eigenvalue weighted by atomic mass is 9.89. The van der Waals surface area contributed by atoms with Crippen LogP contribution in [0, 0.1) is 0 Å². The average molecular weight is 490 g/mol. The van der Waals surface area contributed by atoms with Crippen LogP contribution < -0.4 is 5.43 Å². The maximum absolute atomic E-state index is 12.9. The highest BCUT2D eigenvalue weighted by molar-refractivity contribution is 5.88. The van der Waals surface area contributed by atoms with Gasteiger partial charge in [0.1, 0.15) is 65.4 Å². The van der Waals surface area contributed by atoms with Crippen molar-refractivity contribution in [2.24, 2.45) is 0 Å². The van der Waals surface area contributed by atoms with Gasteiger partial charge in [0, 0.05) is 24.6 Å². The Kier molecular flexibility index (Phi) is 6.30. The van der Waals surface area contributed by atoms with Crippen molar-refractivity contribution in [3.05, 3.63) is 46.1 Å². The van der Waals surface area contributed by atoms with Gasteiger partial charge in [-0.3, -0.25) is 9.59 Å². The third-order valence-corrected chi connectivity index (χ3v) is 5.72. The molecule has 35 heavy (non-hydrogen) atoms. The molecule has 2 heterocycles. The highest BCUT2D eigenvalue weighted by Gasteiger charge is 2.46. The maximum atomic E-state index is 12.9. The number of carbonyl (C=O) groups is 1. The molecule has 3 aromatic rings. The summed E-state index contributed by atoms with van der Waals surface area (Å²) in [7, 11) is 0. The lowest BCUT2D eigenvalue weighted by Crippen LogP contribution is -2.55. The van der Waals surface area contributed by atoms with E-state index in [1.165, 1.54) is 12.1 Å². The molecule has 0 spiro atoms. The first-order valence-corrected chi connectivity index (χ1v) is 10.4. The molecule has 4 rings (SSSR count). The van der Waals surface area contributed by atoms with Gasteiger partial charge < -0.3 is 49.6 Å². The van der Waals surface area contributed by atoms with Crippen LogP contribution in [0.15, 0.2) is 39.5 Å². The van der Waals surface area contributed by atoms with E-state index in [0.717, 1.165) is 25.1 Å². The van der Waals surface area contributed by atoms with Gasteiger partial charge >= 0.3 is 5.97 Å². The quantitative estimate of drug-likeness (QED) is 0.195. The first-order chi connectivity index (χ1) is 16.5. The predicted octanol–water partition coefficient (Wildman–Crippen LogP) is 0.368. The summed E-state index contributed by atoms with van der Waals surface area (Å²) in [4.78, 5) is 24.0. The van der Waals surface area contributed by atoms with E-state index in [1.54, 1.807) is 0 Å². The van der Waals surface area contributed by atoms with Crippen molar-refractivity contribution < 1.29 is 54.4 Å². The molecule has 12 heteroatoms. The Balaban J connectivity index is 1.80. The van der Waals surface area contributed by atoms with Crippen LogP contribution in [-0.4, -0.2) is 72.7 Å². The molecule has 1 aromatic heterocycles. The molecule has 0 amide bonds. The number of aliphatic hydroxyl groups excluding tert-OH is 3. The minimum atomic E-state index is -1.83. The third kappa shape index (κ3) is 4.35. The minimum absolute atomic E-state index is 0.0432. The van der Waals surface area contributed by atoms with Crippen molar-refractivity contribution in [2.45, 2.75) is 37.4 Å². The normalized spacial score (nSPS) is 24.4. The lowest BCUT2D eigenvalue weighted by molar-refractivity contribution is -0.234. The summed E-state index contributed by atoms with van der Waals surface area (Å²) in [6, 6.07) is 5.70. The first-order valence-electron chi connectivity index (χ1n) is 10.4. The van der Waals surface area contributed by atoms with Gasteiger partial charge in [-0.2, -0.15) is 0 Å². The number of fused-ring (bicyclic) bond motifs is 1. The number of rotatable bonds is 4. The molecule has 1 aliphatic rings. The SMILES string of the molecule is CC(=O)OCC1OC(c2c(O)cc3oc(-c4ccc(O)c(O)c4)cc(=O)c3c2O)C(O)C(O)C1O. The number of esters is 1. The van der Waals surface area contributed by atoms with Crippen LogP contribution in [0.5, 0.6) is 23.0 Å². The summed E-state index contributed by atoms with van der Waals surface area (Å²) in [6.07, 6.45) is -8.23. The van der Waals surface area contributed by atoms with Gasteiger partial charge in [-0.05, 0) is 18.2 Å². The van der Waals surface area contributed by atoms with E-state index >= 15 is 0 Å². The largest absolute Gasteiger partial charge is 0.507 e. The minimum Gasteiger partial charge on any atom is -0.507 e. The Hall–Kier alpha value is -3.84. The van der Waals surface area contributed by atoms with E-state index in [1.807, 2.05) is 0 Å². The van der Waals surface area contributed by atoms with Gasteiger partial charge in [0.25, 0.3) is 0 Å². The van der Waals surface area contributed by atoms with Gasteiger partial charge in [-0.1, -0.05) is 0 Å². The van der Waals surface area contributed by atoms with E-state index in [-0.39, 0.29) is 28.0 Å². The topological polar surface area (TPSA) is 207 Å². The van der Waals surface area contributed by atoms with Gasteiger partial charge in [0.05, 0.1) is 5.56 Å². The van der Waals surface area contributed by atoms with E-state index in [0.29, 0.717) is 0 Å². The Morgan fingerprint density at radius 1 is 0.943 bits per heavy atom. The molecule has 12 nitrogen and oxygen atoms in total. The molecule has 1 saturated heterocycles. The first kappa shape index (κ1) is 24.3. The molecule has 5 unspecified atom stereocenters. The second-order valence-corrected chi connectivity index (χ2v) is 8.08. The monoisotopic (exact) mass is 490 g/mol. The Labute approximate surface area is 196 Å². The van der Waals surface area contributed by atoms with Crippen molar-refractivity contribution >= 4 is 16.9 Å². The second kappa shape index (κ2) is 9.07. The fourth-order valence-corrected chi connectivity index (χ4v) is 3.93. The number of aliphatic hydroxyl groups is 3. The van der Waals surface area contributed by atoms with Gasteiger partial charge in [-0.25, -0.2) is 0 Å². The van der Waals surface area contributed by atoms with Crippen LogP contribution in [0.1, 0.15) is 18.6 Å². The van der Waals surface area contributed by atoms with Crippen LogP contribution in [0.3, 0.4) is 0 Å². The van der Waals surface area contributed by atoms with Crippen molar-refractivity contribution in [2.75, 3.05) is 6.61 Å². The Morgan fingerprint density at radius 3 is 2.31 bits per heavy atom. The molecule has 1 aliphatic heterocycles. The molecule has 186 valence electrons. The second-order valence-electron chi connectivity index (χ2n) is 8.08. The molecule has 0 saturated carbocycles. The number of ether oxygens (including phenoxy) is 2. The van der Waals surface area contributed by atoms with E-state index < -0.39 is 71.3 Å². The van der Waals surface area contributed by atoms with Crippen molar-refractivity contribution in [3.63, 3.8) is 0 Å². The van der Waals surface area contributed by atoms with Crippen LogP contribution in [0.25, 0.3) is 22.3 Å². The van der Waals surface area contributed by atoms with Crippen LogP contribution >= 0.6 is 0 Å². The molecular formula is C23H22O12. The highest BCUT2D eigenvalue weighted by Crippen LogP contribution is 2.44. The standard InChI is InChI=1S/C23H22O12/c1-8(24)33-7-16-19(29)21(31)22(32)23(35-16)18-13(28)6-15-17(20(18)30)12(27)5-14(34-15)9-2-3-10(25)11(26)4-9/h2-6,16,19,21-23,25-26,28-32H,7H2,1H3. The van der Waals surface area contributed by atoms with E-state index in [9.17, 15) is 45.3 Å². The molecular weight excluding hydrogens is 468 g/mol. The molecule has 5 atom stereocenters. The zero-order valence-corrected chi connectivity index (χ0v) is 18.2. The summed E-state index contributed by atoms with van der Waals surface area (Å²) in [6.45, 7) is 0.628. The smallest absolute Gasteiger partial charge is 0.302 e. The maximum Gasteiger partial charge on any atom is 0.302 e. The summed E-state index contributed by atoms with van der Waals surface area (Å²) in [5.41, 5.74) is -1.24. The molecule has 0 aliphatic carbocycles. The van der Waals surface area contributed by atoms with Gasteiger partial charge in [-0.15, -0.1) is 0 Å². The summed E-state index contributed by atoms with van der Waals surface area (Å²) in [5, 5.41) is 71.2. The van der Waals surface area contributed by atoms with Gasteiger partial charge in [0.2, 0.25) is 0 Å². The lowest BCUT2D eigenvalue weighted by Gasteiger charge is -2.40. The van der Waals surface area contributed by atoms with E-state index in [2.05, 4.69) is 0 Å². The van der Waals surface area contributed by atoms with Gasteiger partial charge in [0.15, 0.2) is 16.9 Å². The number of hydrogen-bond acceptors (Lipinski definition) is 12. The third-order valence-electron chi connectivity index (χ3n) is 5.72. The average Bonchev–Trinajstić information content (AvgIpc) is 2.79. The number of hydrogen-bond donors (Lipinski definition) is 7. The fourth-order valence-electron chi connectivity index (χ4n) is 3.93. The molecule has 1 fully saturated rings. The van der Waals surface area contributed by atoms with Crippen LogP contribution in [-0.2, 0) is 14.3 Å². The summed E-state index contributed by atoms with van der Waals surface area (Å²) < 4.78 is 16.0. The summed E-state index contributed by atoms with van der Waals surface area (Å²) in [5.74, 6) is -3.04. The van der Waals surface area contributed by atoms with Crippen molar-refractivity contribution in [3.8, 4) is 34.3 Å². The Morgan fingerprint density at radius 2 is 1.66 bits per heavy atom. The predicted molar refractivity (Wildman–Crippen MR) is 117 cm³/mol. The molecule has 0 bridgehead atoms. The van der Waals surface area contributed by atoms with Crippen molar-refractivity contribution in [1.29, 1.82) is 0 Å². The fraction of sp³-hybridized carbons (Fsp3) is 0.304. The molecule has 2 aromatic carbocycles. The van der Waals surface area contributed by atoms with E-state index in [4.69, 9.17) is 13.9 Å². The van der Waals surface area contributed by atoms with Crippen molar-refractivity contribution in [1.82, 2.24) is 0 Å². The summed E-state index contributed by atoms with van der Waals surface area (Å²) >= 11 is 0. The number of carbonyl (C=O) groups excluding carboxylic acids is 1. The van der Waals surface area contributed by atoms with Crippen LogP contribution in [0.4, 0.5) is 0 Å².